The number of anilines is 1. The molecule has 1 aliphatic heterocycles. The Bertz CT molecular complexity index is 575. The molecular formula is C13H19ClN6. The number of fused-ring (bicyclic) bond motifs is 1. The summed E-state index contributed by atoms with van der Waals surface area (Å²) in [6, 6.07) is 3.68. The van der Waals surface area contributed by atoms with E-state index in [2.05, 4.69) is 32.2 Å². The molecule has 0 spiro atoms. The van der Waals surface area contributed by atoms with Gasteiger partial charge >= 0.3 is 0 Å². The van der Waals surface area contributed by atoms with Gasteiger partial charge in [0.25, 0.3) is 0 Å². The van der Waals surface area contributed by atoms with E-state index < -0.39 is 0 Å². The van der Waals surface area contributed by atoms with E-state index in [-0.39, 0.29) is 0 Å². The van der Waals surface area contributed by atoms with Crippen molar-refractivity contribution in [3.8, 4) is 0 Å². The number of likely N-dealkylation sites (N-methyl/N-ethyl adjacent to an activating group) is 1. The predicted molar refractivity (Wildman–Crippen MR) is 80.4 cm³/mol. The summed E-state index contributed by atoms with van der Waals surface area (Å²) in [6.07, 6.45) is 1.76. The number of halogens is 1. The Morgan fingerprint density at radius 2 is 2.05 bits per heavy atom. The molecule has 0 saturated carbocycles. The molecule has 3 heterocycles. The maximum Gasteiger partial charge on any atom is 0.243 e. The zero-order valence-electron chi connectivity index (χ0n) is 11.6. The van der Waals surface area contributed by atoms with Gasteiger partial charge in [0.1, 0.15) is 0 Å². The van der Waals surface area contributed by atoms with Crippen LogP contribution in [0.1, 0.15) is 0 Å². The molecule has 2 aromatic rings. The molecule has 3 rings (SSSR count). The van der Waals surface area contributed by atoms with Crippen molar-refractivity contribution < 1.29 is 0 Å². The molecule has 1 aliphatic rings. The molecule has 20 heavy (non-hydrogen) atoms. The molecule has 0 unspecified atom stereocenters. The zero-order chi connectivity index (χ0) is 13.9. The number of piperazine rings is 1. The lowest BCUT2D eigenvalue weighted by atomic mass is 10.3. The van der Waals surface area contributed by atoms with E-state index in [0.717, 1.165) is 44.9 Å². The fourth-order valence-corrected chi connectivity index (χ4v) is 2.49. The lowest BCUT2D eigenvalue weighted by molar-refractivity contribution is 0.158. The Labute approximate surface area is 123 Å². The molecule has 0 bridgehead atoms. The molecule has 6 nitrogen and oxygen atoms in total. The van der Waals surface area contributed by atoms with Gasteiger partial charge in [-0.1, -0.05) is 11.6 Å². The maximum absolute atomic E-state index is 5.93. The molecule has 1 fully saturated rings. The highest BCUT2D eigenvalue weighted by Crippen LogP contribution is 2.11. The van der Waals surface area contributed by atoms with Crippen LogP contribution in [-0.4, -0.2) is 70.7 Å². The first-order valence-electron chi connectivity index (χ1n) is 6.87. The first kappa shape index (κ1) is 13.6. The van der Waals surface area contributed by atoms with Crippen molar-refractivity contribution in [1.82, 2.24) is 24.4 Å². The smallest absolute Gasteiger partial charge is 0.243 e. The molecule has 0 aromatic carbocycles. The molecule has 1 N–H and O–H groups in total. The van der Waals surface area contributed by atoms with Crippen LogP contribution in [0.25, 0.3) is 5.65 Å². The standard InChI is InChI=1S/C13H19ClN6/c1-18-6-8-19(9-7-18)5-4-15-13-16-12-3-2-11(14)10-20(12)17-13/h2-3,10H,4-9H2,1H3,(H,15,17). The first-order valence-corrected chi connectivity index (χ1v) is 7.25. The minimum atomic E-state index is 0.654. The Morgan fingerprint density at radius 3 is 2.85 bits per heavy atom. The van der Waals surface area contributed by atoms with E-state index in [4.69, 9.17) is 11.6 Å². The summed E-state index contributed by atoms with van der Waals surface area (Å²) < 4.78 is 1.69. The van der Waals surface area contributed by atoms with Crippen LogP contribution in [0.5, 0.6) is 0 Å². The highest BCUT2D eigenvalue weighted by Gasteiger charge is 2.13. The van der Waals surface area contributed by atoms with Crippen molar-refractivity contribution >= 4 is 23.2 Å². The van der Waals surface area contributed by atoms with E-state index in [9.17, 15) is 0 Å². The Kier molecular flexibility index (Phi) is 4.05. The maximum atomic E-state index is 5.93. The fourth-order valence-electron chi connectivity index (χ4n) is 2.33. The molecule has 0 radical (unpaired) electrons. The molecule has 0 aliphatic carbocycles. The highest BCUT2D eigenvalue weighted by molar-refractivity contribution is 6.30. The molecule has 2 aromatic heterocycles. The SMILES string of the molecule is CN1CCN(CCNc2nc3ccc(Cl)cn3n2)CC1. The minimum absolute atomic E-state index is 0.654. The first-order chi connectivity index (χ1) is 9.70. The van der Waals surface area contributed by atoms with Crippen molar-refractivity contribution in [3.63, 3.8) is 0 Å². The van der Waals surface area contributed by atoms with Crippen molar-refractivity contribution in [2.24, 2.45) is 0 Å². The topological polar surface area (TPSA) is 48.7 Å². The Morgan fingerprint density at radius 1 is 1.25 bits per heavy atom. The van der Waals surface area contributed by atoms with E-state index in [1.807, 2.05) is 12.1 Å². The Balaban J connectivity index is 1.52. The monoisotopic (exact) mass is 294 g/mol. The molecule has 1 saturated heterocycles. The Hall–Kier alpha value is -1.37. The van der Waals surface area contributed by atoms with Crippen LogP contribution in [0.3, 0.4) is 0 Å². The summed E-state index contributed by atoms with van der Waals surface area (Å²) in [5.74, 6) is 0.654. The molecule has 7 heteroatoms. The molecule has 0 amide bonds. The quantitative estimate of drug-likeness (QED) is 0.913. The third kappa shape index (κ3) is 3.20. The number of rotatable bonds is 4. The number of hydrogen-bond acceptors (Lipinski definition) is 5. The van der Waals surface area contributed by atoms with Crippen LogP contribution < -0.4 is 5.32 Å². The lowest BCUT2D eigenvalue weighted by Gasteiger charge is -2.32. The van der Waals surface area contributed by atoms with E-state index in [0.29, 0.717) is 11.0 Å². The molecule has 0 atom stereocenters. The van der Waals surface area contributed by atoms with Crippen molar-refractivity contribution in [3.05, 3.63) is 23.4 Å². The second kappa shape index (κ2) is 5.95. The highest BCUT2D eigenvalue weighted by atomic mass is 35.5. The average molecular weight is 295 g/mol. The predicted octanol–water partition coefficient (Wildman–Crippen LogP) is 1.04. The average Bonchev–Trinajstić information content (AvgIpc) is 2.83. The van der Waals surface area contributed by atoms with Gasteiger partial charge < -0.3 is 10.2 Å². The van der Waals surface area contributed by atoms with Gasteiger partial charge in [0.15, 0.2) is 5.65 Å². The summed E-state index contributed by atoms with van der Waals surface area (Å²) in [5, 5.41) is 8.28. The van der Waals surface area contributed by atoms with Gasteiger partial charge in [-0.25, -0.2) is 4.52 Å². The van der Waals surface area contributed by atoms with Crippen molar-refractivity contribution in [2.45, 2.75) is 0 Å². The number of nitrogens with one attached hydrogen (secondary N) is 1. The van der Waals surface area contributed by atoms with Crippen molar-refractivity contribution in [1.29, 1.82) is 0 Å². The largest absolute Gasteiger partial charge is 0.352 e. The van der Waals surface area contributed by atoms with Crippen LogP contribution in [-0.2, 0) is 0 Å². The van der Waals surface area contributed by atoms with Crippen LogP contribution in [0, 0.1) is 0 Å². The van der Waals surface area contributed by atoms with Gasteiger partial charge in [-0.3, -0.25) is 4.90 Å². The molecular weight excluding hydrogens is 276 g/mol. The minimum Gasteiger partial charge on any atom is -0.352 e. The lowest BCUT2D eigenvalue weighted by Crippen LogP contribution is -2.45. The van der Waals surface area contributed by atoms with Gasteiger partial charge in [0, 0.05) is 45.5 Å². The third-order valence-corrected chi connectivity index (χ3v) is 3.83. The van der Waals surface area contributed by atoms with Gasteiger partial charge in [0.2, 0.25) is 5.95 Å². The number of hydrogen-bond donors (Lipinski definition) is 1. The van der Waals surface area contributed by atoms with Gasteiger partial charge in [-0.05, 0) is 19.2 Å². The molecule has 108 valence electrons. The van der Waals surface area contributed by atoms with Crippen molar-refractivity contribution in [2.75, 3.05) is 51.6 Å². The second-order valence-corrected chi connectivity index (χ2v) is 5.59. The summed E-state index contributed by atoms with van der Waals surface area (Å²) >= 11 is 5.93. The number of pyridine rings is 1. The number of aromatic nitrogens is 3. The van der Waals surface area contributed by atoms with Gasteiger partial charge in [-0.15, -0.1) is 5.10 Å². The summed E-state index contributed by atoms with van der Waals surface area (Å²) in [6.45, 7) is 6.42. The van der Waals surface area contributed by atoms with Crippen LogP contribution in [0.2, 0.25) is 5.02 Å². The van der Waals surface area contributed by atoms with Crippen LogP contribution in [0.15, 0.2) is 18.3 Å². The third-order valence-electron chi connectivity index (χ3n) is 3.60. The van der Waals surface area contributed by atoms with E-state index in [1.54, 1.807) is 10.7 Å². The fraction of sp³-hybridized carbons (Fsp3) is 0.538. The van der Waals surface area contributed by atoms with E-state index >= 15 is 0 Å². The summed E-state index contributed by atoms with van der Waals surface area (Å²) in [5.41, 5.74) is 0.802. The van der Waals surface area contributed by atoms with Crippen LogP contribution in [0.4, 0.5) is 5.95 Å². The number of nitrogens with zero attached hydrogens (tertiary/aromatic N) is 5. The van der Waals surface area contributed by atoms with Gasteiger partial charge in [-0.2, -0.15) is 4.98 Å². The van der Waals surface area contributed by atoms with E-state index in [1.165, 1.54) is 0 Å². The van der Waals surface area contributed by atoms with Gasteiger partial charge in [0.05, 0.1) is 5.02 Å². The summed E-state index contributed by atoms with van der Waals surface area (Å²) in [7, 11) is 2.17. The summed E-state index contributed by atoms with van der Waals surface area (Å²) in [4.78, 5) is 9.22. The second-order valence-electron chi connectivity index (χ2n) is 5.16. The van der Waals surface area contributed by atoms with Crippen LogP contribution >= 0.6 is 11.6 Å². The zero-order valence-corrected chi connectivity index (χ0v) is 12.3. The normalized spacial score (nSPS) is 17.7.